The van der Waals surface area contributed by atoms with Crippen LogP contribution in [0.3, 0.4) is 0 Å². The normalized spacial score (nSPS) is 10.4. The zero-order valence-electron chi connectivity index (χ0n) is 9.88. The second kappa shape index (κ2) is 5.63. The van der Waals surface area contributed by atoms with E-state index in [1.807, 2.05) is 0 Å². The number of nitrogens with one attached hydrogen (secondary N) is 2. The Balaban J connectivity index is 2.18. The van der Waals surface area contributed by atoms with E-state index in [-0.39, 0.29) is 16.7 Å². The van der Waals surface area contributed by atoms with Crippen molar-refractivity contribution in [2.45, 2.75) is 6.54 Å². The maximum Gasteiger partial charge on any atom is 0.320 e. The van der Waals surface area contributed by atoms with Gasteiger partial charge in [0.25, 0.3) is 5.69 Å². The minimum atomic E-state index is -0.562. The predicted molar refractivity (Wildman–Crippen MR) is 68.5 cm³/mol. The Kier molecular flexibility index (Phi) is 3.93. The fourth-order valence-corrected chi connectivity index (χ4v) is 1.57. The van der Waals surface area contributed by atoms with Crippen molar-refractivity contribution in [1.82, 2.24) is 15.5 Å². The topological polar surface area (TPSA) is 106 Å². The summed E-state index contributed by atoms with van der Waals surface area (Å²) in [6, 6.07) is 4.45. The highest BCUT2D eigenvalue weighted by molar-refractivity contribution is 6.32. The first-order valence-corrected chi connectivity index (χ1v) is 5.66. The summed E-state index contributed by atoms with van der Waals surface area (Å²) >= 11 is 5.71. The number of nitro benzene ring substituents is 1. The third-order valence-corrected chi connectivity index (χ3v) is 2.51. The fourth-order valence-electron chi connectivity index (χ4n) is 1.38. The minimum absolute atomic E-state index is 0.0666. The quantitative estimate of drug-likeness (QED) is 0.639. The Bertz CT molecular complexity index is 601. The second-order valence-corrected chi connectivity index (χ2v) is 3.99. The highest BCUT2D eigenvalue weighted by atomic mass is 35.5. The van der Waals surface area contributed by atoms with Crippen LogP contribution in [0.4, 0.5) is 17.4 Å². The maximum absolute atomic E-state index is 10.7. The lowest BCUT2D eigenvalue weighted by Crippen LogP contribution is -2.04. The van der Waals surface area contributed by atoms with Gasteiger partial charge in [0.15, 0.2) is 0 Å². The molecule has 0 spiro atoms. The molecular weight excluding hydrogens is 274 g/mol. The largest absolute Gasteiger partial charge is 0.406 e. The molecule has 0 aliphatic heterocycles. The molecule has 0 amide bonds. The fraction of sp³-hybridized carbons (Fsp3) is 0.200. The van der Waals surface area contributed by atoms with Gasteiger partial charge < -0.3 is 15.1 Å². The average Bonchev–Trinajstić information content (AvgIpc) is 2.79. The molecule has 0 unspecified atom stereocenters. The van der Waals surface area contributed by atoms with Crippen molar-refractivity contribution in [3.63, 3.8) is 0 Å². The molecule has 0 saturated heterocycles. The van der Waals surface area contributed by atoms with Crippen molar-refractivity contribution in [2.24, 2.45) is 0 Å². The molecule has 1 heterocycles. The summed E-state index contributed by atoms with van der Waals surface area (Å²) in [7, 11) is 1.75. The van der Waals surface area contributed by atoms with E-state index in [2.05, 4.69) is 20.8 Å². The maximum atomic E-state index is 10.7. The van der Waals surface area contributed by atoms with Crippen LogP contribution >= 0.6 is 11.6 Å². The summed E-state index contributed by atoms with van der Waals surface area (Å²) in [6.45, 7) is 0.440. The van der Waals surface area contributed by atoms with E-state index < -0.39 is 4.92 Å². The van der Waals surface area contributed by atoms with Gasteiger partial charge in [0, 0.05) is 11.8 Å². The van der Waals surface area contributed by atoms with Gasteiger partial charge >= 0.3 is 6.01 Å². The van der Waals surface area contributed by atoms with Gasteiger partial charge in [0.2, 0.25) is 5.89 Å². The van der Waals surface area contributed by atoms with Crippen LogP contribution in [0.15, 0.2) is 22.6 Å². The summed E-state index contributed by atoms with van der Waals surface area (Å²) in [4.78, 5) is 10.2. The lowest BCUT2D eigenvalue weighted by Gasteiger charge is -2.01. The highest BCUT2D eigenvalue weighted by Gasteiger charge is 2.14. The minimum Gasteiger partial charge on any atom is -0.406 e. The van der Waals surface area contributed by atoms with Gasteiger partial charge in [-0.2, -0.15) is 0 Å². The van der Waals surface area contributed by atoms with Crippen molar-refractivity contribution >= 4 is 29.0 Å². The third kappa shape index (κ3) is 3.18. The highest BCUT2D eigenvalue weighted by Crippen LogP contribution is 2.28. The number of rotatable bonds is 5. The molecule has 2 N–H and O–H groups in total. The zero-order chi connectivity index (χ0) is 13.8. The van der Waals surface area contributed by atoms with E-state index >= 15 is 0 Å². The smallest absolute Gasteiger partial charge is 0.320 e. The van der Waals surface area contributed by atoms with Crippen molar-refractivity contribution in [3.05, 3.63) is 39.2 Å². The van der Waals surface area contributed by atoms with Crippen LogP contribution in [0.25, 0.3) is 0 Å². The van der Waals surface area contributed by atoms with Crippen molar-refractivity contribution < 1.29 is 9.34 Å². The molecule has 0 saturated carbocycles. The summed E-state index contributed by atoms with van der Waals surface area (Å²) in [5.41, 5.74) is 0.248. The molecule has 0 fully saturated rings. The van der Waals surface area contributed by atoms with Crippen LogP contribution in [-0.2, 0) is 6.54 Å². The molecular formula is C10H10ClN5O3. The third-order valence-electron chi connectivity index (χ3n) is 2.19. The number of nitro groups is 1. The van der Waals surface area contributed by atoms with Crippen molar-refractivity contribution in [3.8, 4) is 0 Å². The summed E-state index contributed by atoms with van der Waals surface area (Å²) in [5.74, 6) is 0.411. The van der Waals surface area contributed by atoms with Crippen molar-refractivity contribution in [1.29, 1.82) is 0 Å². The molecule has 0 aliphatic rings. The van der Waals surface area contributed by atoms with Crippen LogP contribution in [0.2, 0.25) is 5.02 Å². The van der Waals surface area contributed by atoms with Crippen LogP contribution in [-0.4, -0.2) is 22.2 Å². The molecule has 19 heavy (non-hydrogen) atoms. The Labute approximate surface area is 112 Å². The average molecular weight is 284 g/mol. The molecule has 8 nitrogen and oxygen atoms in total. The van der Waals surface area contributed by atoms with Gasteiger partial charge in [0.05, 0.1) is 11.5 Å². The molecule has 0 atom stereocenters. The van der Waals surface area contributed by atoms with Gasteiger partial charge in [0.1, 0.15) is 5.02 Å². The standard InChI is InChI=1S/C10H10ClN5O3/c1-12-5-9-14-15-10(19-9)13-6-2-3-7(11)8(4-6)16(17)18/h2-4,12H,5H2,1H3,(H,13,15). The van der Waals surface area contributed by atoms with E-state index in [0.29, 0.717) is 18.1 Å². The summed E-state index contributed by atoms with van der Waals surface area (Å²) in [5, 5.41) is 24.0. The number of benzene rings is 1. The molecule has 1 aromatic carbocycles. The Morgan fingerprint density at radius 2 is 2.26 bits per heavy atom. The van der Waals surface area contributed by atoms with Crippen LogP contribution in [0.1, 0.15) is 5.89 Å². The number of nitrogens with zero attached hydrogens (tertiary/aromatic N) is 3. The monoisotopic (exact) mass is 283 g/mol. The number of hydrogen-bond acceptors (Lipinski definition) is 7. The SMILES string of the molecule is CNCc1nnc(Nc2ccc(Cl)c([N+](=O)[O-])c2)o1. The molecule has 1 aromatic heterocycles. The predicted octanol–water partition coefficient (Wildman–Crippen LogP) is 2.09. The molecule has 9 heteroatoms. The zero-order valence-corrected chi connectivity index (χ0v) is 10.6. The Morgan fingerprint density at radius 1 is 1.47 bits per heavy atom. The van der Waals surface area contributed by atoms with Gasteiger partial charge in [-0.3, -0.25) is 10.1 Å². The van der Waals surface area contributed by atoms with E-state index in [1.54, 1.807) is 13.1 Å². The molecule has 2 rings (SSSR count). The first kappa shape index (κ1) is 13.2. The van der Waals surface area contributed by atoms with E-state index in [1.165, 1.54) is 12.1 Å². The number of hydrogen-bond donors (Lipinski definition) is 2. The van der Waals surface area contributed by atoms with Gasteiger partial charge in [-0.15, -0.1) is 5.10 Å². The molecule has 2 aromatic rings. The van der Waals surface area contributed by atoms with Crippen molar-refractivity contribution in [2.75, 3.05) is 12.4 Å². The molecule has 100 valence electrons. The Morgan fingerprint density at radius 3 is 2.95 bits per heavy atom. The van der Waals surface area contributed by atoms with Crippen LogP contribution in [0, 0.1) is 10.1 Å². The van der Waals surface area contributed by atoms with Gasteiger partial charge in [-0.05, 0) is 19.2 Å². The van der Waals surface area contributed by atoms with Crippen LogP contribution in [0.5, 0.6) is 0 Å². The molecule has 0 bridgehead atoms. The second-order valence-electron chi connectivity index (χ2n) is 3.58. The molecule has 0 aliphatic carbocycles. The van der Waals surface area contributed by atoms with E-state index in [4.69, 9.17) is 16.0 Å². The number of anilines is 2. The van der Waals surface area contributed by atoms with Crippen LogP contribution < -0.4 is 10.6 Å². The first-order valence-electron chi connectivity index (χ1n) is 5.28. The molecule has 0 radical (unpaired) electrons. The number of aromatic nitrogens is 2. The van der Waals surface area contributed by atoms with Gasteiger partial charge in [-0.25, -0.2) is 0 Å². The summed E-state index contributed by atoms with van der Waals surface area (Å²) < 4.78 is 5.26. The van der Waals surface area contributed by atoms with Gasteiger partial charge in [-0.1, -0.05) is 16.7 Å². The number of halogens is 1. The lowest BCUT2D eigenvalue weighted by atomic mass is 10.3. The lowest BCUT2D eigenvalue weighted by molar-refractivity contribution is -0.384. The summed E-state index contributed by atoms with van der Waals surface area (Å²) in [6.07, 6.45) is 0. The van der Waals surface area contributed by atoms with E-state index in [0.717, 1.165) is 0 Å². The van der Waals surface area contributed by atoms with E-state index in [9.17, 15) is 10.1 Å². The Hall–Kier alpha value is -2.19. The first-order chi connectivity index (χ1) is 9.10.